The summed E-state index contributed by atoms with van der Waals surface area (Å²) in [4.78, 5) is 14.0. The zero-order chi connectivity index (χ0) is 16.2. The summed E-state index contributed by atoms with van der Waals surface area (Å²) in [5, 5.41) is 6.82. The van der Waals surface area contributed by atoms with E-state index in [1.54, 1.807) is 4.90 Å². The van der Waals surface area contributed by atoms with E-state index < -0.39 is 0 Å². The van der Waals surface area contributed by atoms with Crippen LogP contribution in [0.15, 0.2) is 34.9 Å². The Kier molecular flexibility index (Phi) is 4.62. The highest BCUT2D eigenvalue weighted by atomic mass is 16.5. The van der Waals surface area contributed by atoms with Gasteiger partial charge >= 0.3 is 6.03 Å². The molecule has 1 aliphatic heterocycles. The SMILES string of the molecule is Cc1noc(C)c1COC1CCN(C(=O)Nc2ccccc2)C1. The zero-order valence-corrected chi connectivity index (χ0v) is 13.4. The molecule has 0 radical (unpaired) electrons. The highest BCUT2D eigenvalue weighted by molar-refractivity contribution is 5.89. The Balaban J connectivity index is 1.49. The highest BCUT2D eigenvalue weighted by Crippen LogP contribution is 2.19. The molecule has 0 saturated carbocycles. The number of amides is 2. The fourth-order valence-corrected chi connectivity index (χ4v) is 2.68. The van der Waals surface area contributed by atoms with Crippen molar-refractivity contribution in [2.24, 2.45) is 0 Å². The quantitative estimate of drug-likeness (QED) is 0.941. The van der Waals surface area contributed by atoms with Gasteiger partial charge in [-0.05, 0) is 32.4 Å². The van der Waals surface area contributed by atoms with Crippen LogP contribution in [0.2, 0.25) is 0 Å². The van der Waals surface area contributed by atoms with Crippen LogP contribution in [0.25, 0.3) is 0 Å². The van der Waals surface area contributed by atoms with Gasteiger partial charge in [0, 0.05) is 24.3 Å². The maximum atomic E-state index is 12.2. The monoisotopic (exact) mass is 315 g/mol. The van der Waals surface area contributed by atoms with E-state index >= 15 is 0 Å². The smallest absolute Gasteiger partial charge is 0.321 e. The van der Waals surface area contributed by atoms with Crippen molar-refractivity contribution in [1.82, 2.24) is 10.1 Å². The van der Waals surface area contributed by atoms with Crippen LogP contribution in [-0.4, -0.2) is 35.3 Å². The van der Waals surface area contributed by atoms with Crippen molar-refractivity contribution in [1.29, 1.82) is 0 Å². The Morgan fingerprint density at radius 2 is 2.17 bits per heavy atom. The first-order valence-electron chi connectivity index (χ1n) is 7.78. The van der Waals surface area contributed by atoms with Crippen molar-refractivity contribution in [3.05, 3.63) is 47.3 Å². The number of carbonyl (C=O) groups excluding carboxylic acids is 1. The van der Waals surface area contributed by atoms with Gasteiger partial charge in [-0.2, -0.15) is 0 Å². The lowest BCUT2D eigenvalue weighted by molar-refractivity contribution is 0.0482. The summed E-state index contributed by atoms with van der Waals surface area (Å²) in [6.07, 6.45) is 0.885. The van der Waals surface area contributed by atoms with E-state index in [1.807, 2.05) is 44.2 Å². The first kappa shape index (κ1) is 15.6. The van der Waals surface area contributed by atoms with Gasteiger partial charge in [0.05, 0.1) is 18.4 Å². The summed E-state index contributed by atoms with van der Waals surface area (Å²) < 4.78 is 11.0. The predicted molar refractivity (Wildman–Crippen MR) is 86.2 cm³/mol. The van der Waals surface area contributed by atoms with Gasteiger partial charge in [-0.25, -0.2) is 4.79 Å². The number of para-hydroxylation sites is 1. The topological polar surface area (TPSA) is 67.6 Å². The number of nitrogens with one attached hydrogen (secondary N) is 1. The molecule has 0 spiro atoms. The molecule has 1 N–H and O–H groups in total. The molecule has 23 heavy (non-hydrogen) atoms. The van der Waals surface area contributed by atoms with Gasteiger partial charge in [0.25, 0.3) is 0 Å². The molecule has 1 aromatic carbocycles. The molecular formula is C17H21N3O3. The van der Waals surface area contributed by atoms with Crippen LogP contribution in [0.5, 0.6) is 0 Å². The first-order chi connectivity index (χ1) is 11.1. The average molecular weight is 315 g/mol. The Bertz CT molecular complexity index is 649. The average Bonchev–Trinajstić information content (AvgIpc) is 3.14. The number of rotatable bonds is 4. The zero-order valence-electron chi connectivity index (χ0n) is 13.4. The molecule has 1 atom stereocenters. The lowest BCUT2D eigenvalue weighted by Crippen LogP contribution is -2.34. The second-order valence-corrected chi connectivity index (χ2v) is 5.77. The molecule has 2 amide bonds. The summed E-state index contributed by atoms with van der Waals surface area (Å²) in [6, 6.07) is 9.38. The Hall–Kier alpha value is -2.34. The number of carbonyl (C=O) groups is 1. The number of likely N-dealkylation sites (tertiary alicyclic amines) is 1. The van der Waals surface area contributed by atoms with E-state index in [0.717, 1.165) is 29.1 Å². The minimum atomic E-state index is -0.0837. The molecule has 3 rings (SSSR count). The molecule has 6 heteroatoms. The molecule has 6 nitrogen and oxygen atoms in total. The number of hydrogen-bond acceptors (Lipinski definition) is 4. The van der Waals surface area contributed by atoms with Gasteiger partial charge < -0.3 is 19.5 Å². The van der Waals surface area contributed by atoms with Gasteiger partial charge in [-0.1, -0.05) is 23.4 Å². The third-order valence-corrected chi connectivity index (χ3v) is 4.10. The number of ether oxygens (including phenoxy) is 1. The molecule has 1 saturated heterocycles. The largest absolute Gasteiger partial charge is 0.371 e. The number of urea groups is 1. The number of benzene rings is 1. The number of nitrogens with zero attached hydrogens (tertiary/aromatic N) is 2. The maximum Gasteiger partial charge on any atom is 0.321 e. The second kappa shape index (κ2) is 6.83. The van der Waals surface area contributed by atoms with Crippen LogP contribution in [0.1, 0.15) is 23.4 Å². The lowest BCUT2D eigenvalue weighted by atomic mass is 10.2. The molecule has 1 fully saturated rings. The van der Waals surface area contributed by atoms with Gasteiger partial charge in [-0.3, -0.25) is 0 Å². The molecule has 1 aliphatic rings. The lowest BCUT2D eigenvalue weighted by Gasteiger charge is -2.17. The summed E-state index contributed by atoms with van der Waals surface area (Å²) in [5.74, 6) is 0.791. The van der Waals surface area contributed by atoms with Gasteiger partial charge in [0.2, 0.25) is 0 Å². The van der Waals surface area contributed by atoms with E-state index in [1.165, 1.54) is 0 Å². The number of hydrogen-bond donors (Lipinski definition) is 1. The van der Waals surface area contributed by atoms with Crippen molar-refractivity contribution in [3.8, 4) is 0 Å². The normalized spacial score (nSPS) is 17.5. The first-order valence-corrected chi connectivity index (χ1v) is 7.78. The molecule has 2 heterocycles. The molecule has 2 aromatic rings. The molecule has 0 bridgehead atoms. The maximum absolute atomic E-state index is 12.2. The number of aryl methyl sites for hydroxylation is 2. The molecule has 1 aromatic heterocycles. The summed E-state index contributed by atoms with van der Waals surface area (Å²) in [5.41, 5.74) is 2.66. The Morgan fingerprint density at radius 3 is 2.87 bits per heavy atom. The van der Waals surface area contributed by atoms with Crippen LogP contribution < -0.4 is 5.32 Å². The second-order valence-electron chi connectivity index (χ2n) is 5.77. The third kappa shape index (κ3) is 3.71. The molecule has 1 unspecified atom stereocenters. The van der Waals surface area contributed by atoms with E-state index in [9.17, 15) is 4.79 Å². The standard InChI is InChI=1S/C17H21N3O3/c1-12-16(13(2)23-19-12)11-22-15-8-9-20(10-15)17(21)18-14-6-4-3-5-7-14/h3-7,15H,8-11H2,1-2H3,(H,18,21). The van der Waals surface area contributed by atoms with Gasteiger partial charge in [0.1, 0.15) is 5.76 Å². The molecule has 0 aliphatic carbocycles. The summed E-state index contributed by atoms with van der Waals surface area (Å²) in [7, 11) is 0. The number of anilines is 1. The molecular weight excluding hydrogens is 294 g/mol. The number of aromatic nitrogens is 1. The fourth-order valence-electron chi connectivity index (χ4n) is 2.68. The van der Waals surface area contributed by atoms with Crippen LogP contribution in [-0.2, 0) is 11.3 Å². The van der Waals surface area contributed by atoms with Crippen LogP contribution in [0.4, 0.5) is 10.5 Å². The van der Waals surface area contributed by atoms with Crippen LogP contribution >= 0.6 is 0 Å². The highest BCUT2D eigenvalue weighted by Gasteiger charge is 2.27. The minimum absolute atomic E-state index is 0.0465. The van der Waals surface area contributed by atoms with E-state index in [-0.39, 0.29) is 12.1 Å². The van der Waals surface area contributed by atoms with Gasteiger partial charge in [0.15, 0.2) is 0 Å². The van der Waals surface area contributed by atoms with Crippen LogP contribution in [0.3, 0.4) is 0 Å². The third-order valence-electron chi connectivity index (χ3n) is 4.10. The van der Waals surface area contributed by atoms with E-state index in [2.05, 4.69) is 10.5 Å². The Labute approximate surface area is 135 Å². The summed E-state index contributed by atoms with van der Waals surface area (Å²) in [6.45, 7) is 5.56. The minimum Gasteiger partial charge on any atom is -0.371 e. The summed E-state index contributed by atoms with van der Waals surface area (Å²) >= 11 is 0. The Morgan fingerprint density at radius 1 is 1.39 bits per heavy atom. The van der Waals surface area contributed by atoms with Crippen LogP contribution in [0, 0.1) is 13.8 Å². The van der Waals surface area contributed by atoms with E-state index in [4.69, 9.17) is 9.26 Å². The van der Waals surface area contributed by atoms with Crippen molar-refractivity contribution in [2.45, 2.75) is 33.0 Å². The fraction of sp³-hybridized carbons (Fsp3) is 0.412. The molecule has 122 valence electrons. The van der Waals surface area contributed by atoms with E-state index in [0.29, 0.717) is 19.7 Å². The van der Waals surface area contributed by atoms with Gasteiger partial charge in [-0.15, -0.1) is 0 Å². The van der Waals surface area contributed by atoms with Crippen molar-refractivity contribution >= 4 is 11.7 Å². The van der Waals surface area contributed by atoms with Crippen molar-refractivity contribution in [2.75, 3.05) is 18.4 Å². The van der Waals surface area contributed by atoms with Crippen molar-refractivity contribution in [3.63, 3.8) is 0 Å². The van der Waals surface area contributed by atoms with Crippen molar-refractivity contribution < 1.29 is 14.1 Å². The predicted octanol–water partition coefficient (Wildman–Crippen LogP) is 3.11.